The maximum atomic E-state index is 5.77. The van der Waals surface area contributed by atoms with E-state index in [9.17, 15) is 0 Å². The third-order valence-corrected chi connectivity index (χ3v) is 5.13. The molecule has 0 amide bonds. The molecule has 2 aromatic rings. The predicted molar refractivity (Wildman–Crippen MR) is 126 cm³/mol. The fraction of sp³-hybridized carbons (Fsp3) is 0.500. The number of guanidine groups is 1. The molecule has 1 aromatic heterocycles. The van der Waals surface area contributed by atoms with E-state index in [1.165, 1.54) is 15.4 Å². The zero-order valence-corrected chi connectivity index (χ0v) is 19.6. The van der Waals surface area contributed by atoms with Crippen molar-refractivity contribution in [3.8, 4) is 5.75 Å². The number of nitrogens with one attached hydrogen (secondary N) is 2. The largest absolute Gasteiger partial charge is 0.494 e. The van der Waals surface area contributed by atoms with Gasteiger partial charge in [0.15, 0.2) is 5.96 Å². The molecule has 0 saturated carbocycles. The molecule has 5 nitrogen and oxygen atoms in total. The van der Waals surface area contributed by atoms with Crippen molar-refractivity contribution in [2.75, 3.05) is 20.2 Å². The summed E-state index contributed by atoms with van der Waals surface area (Å²) in [5, 5.41) is 7.86. The molecule has 0 aliphatic heterocycles. The average Bonchev–Trinajstić information content (AvgIpc) is 3.13. The molecular formula is C20H31IN4OS. The Morgan fingerprint density at radius 3 is 2.81 bits per heavy atom. The van der Waals surface area contributed by atoms with E-state index in [0.717, 1.165) is 50.5 Å². The van der Waals surface area contributed by atoms with Gasteiger partial charge in [-0.3, -0.25) is 4.99 Å². The molecule has 0 unspecified atom stereocenters. The number of hydrogen-bond donors (Lipinski definition) is 2. The third kappa shape index (κ3) is 8.92. The minimum absolute atomic E-state index is 0. The van der Waals surface area contributed by atoms with E-state index in [1.54, 1.807) is 18.4 Å². The number of aliphatic imine (C=N–C) groups is 1. The Hall–Kier alpha value is -1.35. The zero-order valence-electron chi connectivity index (χ0n) is 16.5. The van der Waals surface area contributed by atoms with Gasteiger partial charge in [0.1, 0.15) is 5.75 Å². The number of rotatable bonds is 10. The van der Waals surface area contributed by atoms with Gasteiger partial charge in [0, 0.05) is 37.6 Å². The molecule has 0 aliphatic carbocycles. The molecular weight excluding hydrogens is 471 g/mol. The van der Waals surface area contributed by atoms with Gasteiger partial charge >= 0.3 is 0 Å². The lowest BCUT2D eigenvalue weighted by atomic mass is 10.2. The van der Waals surface area contributed by atoms with Crippen LogP contribution in [-0.2, 0) is 19.4 Å². The molecule has 0 spiro atoms. The van der Waals surface area contributed by atoms with Gasteiger partial charge in [-0.15, -0.1) is 35.3 Å². The summed E-state index contributed by atoms with van der Waals surface area (Å²) in [6.07, 6.45) is 6.16. The highest BCUT2D eigenvalue weighted by Crippen LogP contribution is 2.14. The summed E-state index contributed by atoms with van der Waals surface area (Å²) < 4.78 is 5.77. The average molecular weight is 502 g/mol. The lowest BCUT2D eigenvalue weighted by Crippen LogP contribution is -2.37. The van der Waals surface area contributed by atoms with Gasteiger partial charge in [0.05, 0.1) is 11.6 Å². The fourth-order valence-corrected chi connectivity index (χ4v) is 3.26. The smallest absolute Gasteiger partial charge is 0.191 e. The number of benzene rings is 1. The maximum Gasteiger partial charge on any atom is 0.191 e. The second-order valence-electron chi connectivity index (χ2n) is 6.03. The second-order valence-corrected chi connectivity index (χ2v) is 7.23. The van der Waals surface area contributed by atoms with Crippen molar-refractivity contribution < 1.29 is 4.74 Å². The summed E-state index contributed by atoms with van der Waals surface area (Å²) in [6.45, 7) is 6.62. The Morgan fingerprint density at radius 1 is 1.26 bits per heavy atom. The molecule has 0 fully saturated rings. The van der Waals surface area contributed by atoms with Crippen molar-refractivity contribution in [2.24, 2.45) is 4.99 Å². The van der Waals surface area contributed by atoms with Gasteiger partial charge in [-0.05, 0) is 30.5 Å². The van der Waals surface area contributed by atoms with Crippen LogP contribution in [0.2, 0.25) is 0 Å². The Kier molecular flexibility index (Phi) is 12.1. The highest BCUT2D eigenvalue weighted by molar-refractivity contribution is 14.0. The fourth-order valence-electron chi connectivity index (χ4n) is 2.40. The van der Waals surface area contributed by atoms with E-state index in [1.807, 2.05) is 18.3 Å². The number of aryl methyl sites for hydroxylation is 1. The highest BCUT2D eigenvalue weighted by Gasteiger charge is 2.03. The van der Waals surface area contributed by atoms with Gasteiger partial charge in [-0.1, -0.05) is 32.4 Å². The summed E-state index contributed by atoms with van der Waals surface area (Å²) in [5.74, 6) is 1.73. The first kappa shape index (κ1) is 23.7. The molecule has 27 heavy (non-hydrogen) atoms. The monoisotopic (exact) mass is 502 g/mol. The van der Waals surface area contributed by atoms with E-state index in [-0.39, 0.29) is 24.0 Å². The first-order valence-electron chi connectivity index (χ1n) is 9.35. The lowest BCUT2D eigenvalue weighted by Gasteiger charge is -2.12. The van der Waals surface area contributed by atoms with E-state index < -0.39 is 0 Å². The molecule has 7 heteroatoms. The normalized spacial score (nSPS) is 11.0. The number of nitrogens with zero attached hydrogens (tertiary/aromatic N) is 2. The van der Waals surface area contributed by atoms with E-state index >= 15 is 0 Å². The second kappa shape index (κ2) is 13.8. The predicted octanol–water partition coefficient (Wildman–Crippen LogP) is 4.41. The topological polar surface area (TPSA) is 58.5 Å². The summed E-state index contributed by atoms with van der Waals surface area (Å²) >= 11 is 1.79. The lowest BCUT2D eigenvalue weighted by molar-refractivity contribution is 0.309. The van der Waals surface area contributed by atoms with Crippen LogP contribution < -0.4 is 15.4 Å². The summed E-state index contributed by atoms with van der Waals surface area (Å²) in [4.78, 5) is 10.1. The Labute approximate surface area is 184 Å². The Morgan fingerprint density at radius 2 is 2.11 bits per heavy atom. The SMILES string of the molecule is CCCCOc1cccc(CNC(=NC)NCCc2ncc(CC)s2)c1.I. The Balaban J connectivity index is 0.00000364. The first-order valence-corrected chi connectivity index (χ1v) is 10.2. The van der Waals surface area contributed by atoms with Gasteiger partial charge in [-0.2, -0.15) is 0 Å². The van der Waals surface area contributed by atoms with Crippen LogP contribution in [0.15, 0.2) is 35.5 Å². The maximum absolute atomic E-state index is 5.77. The van der Waals surface area contributed by atoms with Crippen molar-refractivity contribution >= 4 is 41.3 Å². The van der Waals surface area contributed by atoms with Gasteiger partial charge in [-0.25, -0.2) is 4.98 Å². The quantitative estimate of drug-likeness (QED) is 0.219. The van der Waals surface area contributed by atoms with Crippen molar-refractivity contribution in [1.82, 2.24) is 15.6 Å². The number of thiazole rings is 1. The minimum Gasteiger partial charge on any atom is -0.494 e. The molecule has 1 aromatic carbocycles. The van der Waals surface area contributed by atoms with Gasteiger partial charge < -0.3 is 15.4 Å². The molecule has 0 radical (unpaired) electrons. The molecule has 0 bridgehead atoms. The molecule has 1 heterocycles. The van der Waals surface area contributed by atoms with E-state index in [4.69, 9.17) is 4.74 Å². The van der Waals surface area contributed by atoms with Crippen LogP contribution >= 0.6 is 35.3 Å². The zero-order chi connectivity index (χ0) is 18.6. The van der Waals surface area contributed by atoms with Gasteiger partial charge in [0.25, 0.3) is 0 Å². The van der Waals surface area contributed by atoms with Crippen LogP contribution in [0.25, 0.3) is 0 Å². The summed E-state index contributed by atoms with van der Waals surface area (Å²) in [6, 6.07) is 8.21. The number of aromatic nitrogens is 1. The molecule has 150 valence electrons. The molecule has 2 rings (SSSR count). The Bertz CT molecular complexity index is 690. The number of ether oxygens (including phenoxy) is 1. The number of unbranched alkanes of at least 4 members (excludes halogenated alkanes) is 1. The minimum atomic E-state index is 0. The van der Waals surface area contributed by atoms with Crippen molar-refractivity contribution in [3.05, 3.63) is 45.9 Å². The molecule has 0 atom stereocenters. The number of hydrogen-bond acceptors (Lipinski definition) is 4. The molecule has 2 N–H and O–H groups in total. The molecule has 0 aliphatic rings. The van der Waals surface area contributed by atoms with Crippen LogP contribution in [0, 0.1) is 0 Å². The molecule has 0 saturated heterocycles. The van der Waals surface area contributed by atoms with Crippen molar-refractivity contribution in [3.63, 3.8) is 0 Å². The number of halogens is 1. The van der Waals surface area contributed by atoms with Crippen LogP contribution in [0.3, 0.4) is 0 Å². The van der Waals surface area contributed by atoms with Crippen molar-refractivity contribution in [2.45, 2.75) is 46.1 Å². The summed E-state index contributed by atoms with van der Waals surface area (Å²) in [7, 11) is 1.79. The van der Waals surface area contributed by atoms with E-state index in [2.05, 4.69) is 46.6 Å². The van der Waals surface area contributed by atoms with Crippen LogP contribution in [0.1, 0.15) is 42.1 Å². The third-order valence-electron chi connectivity index (χ3n) is 3.93. The summed E-state index contributed by atoms with van der Waals surface area (Å²) in [5.41, 5.74) is 1.18. The highest BCUT2D eigenvalue weighted by atomic mass is 127. The van der Waals surface area contributed by atoms with Crippen LogP contribution in [0.5, 0.6) is 5.75 Å². The van der Waals surface area contributed by atoms with Crippen molar-refractivity contribution in [1.29, 1.82) is 0 Å². The van der Waals surface area contributed by atoms with E-state index in [0.29, 0.717) is 6.54 Å². The first-order chi connectivity index (χ1) is 12.7. The van der Waals surface area contributed by atoms with Crippen LogP contribution in [-0.4, -0.2) is 31.1 Å². The van der Waals surface area contributed by atoms with Gasteiger partial charge in [0.2, 0.25) is 0 Å². The van der Waals surface area contributed by atoms with Crippen LogP contribution in [0.4, 0.5) is 0 Å². The standard InChI is InChI=1S/C20H30N4OS.HI/c1-4-6-12-25-17-9-7-8-16(13-17)14-24-20(21-3)22-11-10-19-23-15-18(5-2)26-19;/h7-9,13,15H,4-6,10-12,14H2,1-3H3,(H2,21,22,24);1H.